The highest BCUT2D eigenvalue weighted by Crippen LogP contribution is 2.19. The van der Waals surface area contributed by atoms with Crippen LogP contribution in [0.3, 0.4) is 0 Å². The number of hydrogen-bond donors (Lipinski definition) is 3. The van der Waals surface area contributed by atoms with Crippen molar-refractivity contribution < 1.29 is 19.1 Å². The predicted octanol–water partition coefficient (Wildman–Crippen LogP) is 4.00. The van der Waals surface area contributed by atoms with E-state index in [0.717, 1.165) is 12.8 Å². The summed E-state index contributed by atoms with van der Waals surface area (Å²) >= 11 is 5.27. The van der Waals surface area contributed by atoms with Gasteiger partial charge in [-0.05, 0) is 67.4 Å². The van der Waals surface area contributed by atoms with Crippen LogP contribution in [0, 0.1) is 5.92 Å². The molecule has 2 amide bonds. The van der Waals surface area contributed by atoms with E-state index in [4.69, 9.17) is 21.7 Å². The van der Waals surface area contributed by atoms with Gasteiger partial charge in [-0.25, -0.2) is 0 Å². The van der Waals surface area contributed by atoms with E-state index in [-0.39, 0.29) is 16.9 Å². The molecule has 0 saturated carbocycles. The van der Waals surface area contributed by atoms with Crippen molar-refractivity contribution in [3.05, 3.63) is 59.7 Å². The Morgan fingerprint density at radius 2 is 1.72 bits per heavy atom. The van der Waals surface area contributed by atoms with E-state index in [2.05, 4.69) is 29.8 Å². The van der Waals surface area contributed by atoms with Crippen LogP contribution in [0.15, 0.2) is 48.5 Å². The maximum atomic E-state index is 12.7. The average molecular weight is 458 g/mol. The summed E-state index contributed by atoms with van der Waals surface area (Å²) in [5.41, 5.74) is 1.61. The second-order valence-corrected chi connectivity index (χ2v) is 8.02. The van der Waals surface area contributed by atoms with Crippen molar-refractivity contribution in [3.8, 4) is 5.75 Å². The molecule has 0 fully saturated rings. The van der Waals surface area contributed by atoms with Crippen molar-refractivity contribution in [2.45, 2.75) is 26.7 Å². The molecule has 0 bridgehead atoms. The van der Waals surface area contributed by atoms with Crippen molar-refractivity contribution in [2.75, 3.05) is 32.2 Å². The van der Waals surface area contributed by atoms with E-state index in [9.17, 15) is 9.59 Å². The van der Waals surface area contributed by atoms with Gasteiger partial charge in [0.2, 0.25) is 0 Å². The van der Waals surface area contributed by atoms with Crippen LogP contribution in [0.5, 0.6) is 5.75 Å². The largest absolute Gasteiger partial charge is 0.493 e. The third-order valence-electron chi connectivity index (χ3n) is 4.53. The first-order chi connectivity index (χ1) is 15.4. The molecule has 0 unspecified atom stereocenters. The van der Waals surface area contributed by atoms with Gasteiger partial charge >= 0.3 is 0 Å². The van der Waals surface area contributed by atoms with Gasteiger partial charge in [0.15, 0.2) is 5.11 Å². The fourth-order valence-electron chi connectivity index (χ4n) is 2.74. The van der Waals surface area contributed by atoms with E-state index in [1.807, 2.05) is 6.07 Å². The highest BCUT2D eigenvalue weighted by molar-refractivity contribution is 7.80. The summed E-state index contributed by atoms with van der Waals surface area (Å²) in [7, 11) is 1.63. The minimum absolute atomic E-state index is 0.155. The number of anilines is 1. The molecule has 2 aromatic carbocycles. The molecule has 2 rings (SSSR count). The number of carbonyl (C=O) groups excluding carboxylic acids is 2. The number of rotatable bonds is 11. The Hall–Kier alpha value is -2.97. The van der Waals surface area contributed by atoms with E-state index in [0.29, 0.717) is 48.2 Å². The smallest absolute Gasteiger partial charge is 0.261 e. The van der Waals surface area contributed by atoms with Crippen LogP contribution in [0.25, 0.3) is 0 Å². The Balaban J connectivity index is 1.88. The van der Waals surface area contributed by atoms with Gasteiger partial charge in [-0.2, -0.15) is 0 Å². The molecule has 0 aliphatic rings. The molecule has 0 spiro atoms. The quantitative estimate of drug-likeness (QED) is 0.349. The molecule has 2 aromatic rings. The van der Waals surface area contributed by atoms with Gasteiger partial charge in [-0.1, -0.05) is 26.0 Å². The van der Waals surface area contributed by atoms with Gasteiger partial charge in [-0.15, -0.1) is 0 Å². The molecule has 7 nitrogen and oxygen atoms in total. The average Bonchev–Trinajstić information content (AvgIpc) is 2.77. The summed E-state index contributed by atoms with van der Waals surface area (Å²) in [5.74, 6) is 0.530. The molecule has 0 aliphatic heterocycles. The number of carbonyl (C=O) groups is 2. The number of nitrogens with one attached hydrogen (secondary N) is 3. The van der Waals surface area contributed by atoms with Crippen molar-refractivity contribution in [2.24, 2.45) is 5.92 Å². The number of amides is 2. The van der Waals surface area contributed by atoms with Crippen molar-refractivity contribution in [1.82, 2.24) is 10.6 Å². The molecular formula is C24H31N3O4S. The Bertz CT molecular complexity index is 900. The second-order valence-electron chi connectivity index (χ2n) is 7.61. The normalized spacial score (nSPS) is 10.5. The van der Waals surface area contributed by atoms with Crippen LogP contribution < -0.4 is 20.7 Å². The Morgan fingerprint density at radius 3 is 2.41 bits per heavy atom. The SMILES string of the molecule is COCCCNC(=O)c1ccc(NC(=S)NC(=O)c2ccccc2OCCC(C)C)cc1. The zero-order chi connectivity index (χ0) is 23.3. The Kier molecular flexibility index (Phi) is 10.6. The second kappa shape index (κ2) is 13.4. The standard InChI is InChI=1S/C24H31N3O4S/c1-17(2)13-16-31-21-8-5-4-7-20(21)23(29)27-24(32)26-19-11-9-18(10-12-19)22(28)25-14-6-15-30-3/h4-5,7-12,17H,6,13-16H2,1-3H3,(H,25,28)(H2,26,27,29,32). The third-order valence-corrected chi connectivity index (χ3v) is 4.73. The first kappa shape index (κ1) is 25.3. The summed E-state index contributed by atoms with van der Waals surface area (Å²) in [6, 6.07) is 13.9. The first-order valence-electron chi connectivity index (χ1n) is 10.6. The van der Waals surface area contributed by atoms with Crippen molar-refractivity contribution >= 4 is 34.8 Å². The van der Waals surface area contributed by atoms with Crippen LogP contribution in [-0.4, -0.2) is 43.8 Å². The molecule has 8 heteroatoms. The summed E-state index contributed by atoms with van der Waals surface area (Å²) in [5, 5.41) is 8.61. The fourth-order valence-corrected chi connectivity index (χ4v) is 2.95. The third kappa shape index (κ3) is 8.64. The summed E-state index contributed by atoms with van der Waals surface area (Å²) in [6.07, 6.45) is 1.65. The van der Waals surface area contributed by atoms with Gasteiger partial charge in [0.1, 0.15) is 5.75 Å². The van der Waals surface area contributed by atoms with E-state index in [1.54, 1.807) is 49.6 Å². The van der Waals surface area contributed by atoms with Crippen LogP contribution in [0.4, 0.5) is 5.69 Å². The molecule has 0 saturated heterocycles. The number of methoxy groups -OCH3 is 1. The van der Waals surface area contributed by atoms with Crippen molar-refractivity contribution in [1.29, 1.82) is 0 Å². The lowest BCUT2D eigenvalue weighted by atomic mass is 10.1. The highest BCUT2D eigenvalue weighted by atomic mass is 32.1. The van der Waals surface area contributed by atoms with Gasteiger partial charge in [-0.3, -0.25) is 14.9 Å². The van der Waals surface area contributed by atoms with Gasteiger partial charge < -0.3 is 20.1 Å². The maximum absolute atomic E-state index is 12.7. The predicted molar refractivity (Wildman–Crippen MR) is 130 cm³/mol. The Labute approximate surface area is 194 Å². The zero-order valence-electron chi connectivity index (χ0n) is 18.8. The monoisotopic (exact) mass is 457 g/mol. The number of benzene rings is 2. The number of ether oxygens (including phenoxy) is 2. The van der Waals surface area contributed by atoms with Crippen LogP contribution in [-0.2, 0) is 4.74 Å². The Morgan fingerprint density at radius 1 is 1.00 bits per heavy atom. The lowest BCUT2D eigenvalue weighted by Crippen LogP contribution is -2.34. The molecule has 172 valence electrons. The molecule has 3 N–H and O–H groups in total. The van der Waals surface area contributed by atoms with Gasteiger partial charge in [0.05, 0.1) is 12.2 Å². The minimum Gasteiger partial charge on any atom is -0.493 e. The van der Waals surface area contributed by atoms with E-state index < -0.39 is 0 Å². The number of hydrogen-bond acceptors (Lipinski definition) is 5. The summed E-state index contributed by atoms with van der Waals surface area (Å²) in [4.78, 5) is 24.8. The molecule has 0 aliphatic carbocycles. The fraction of sp³-hybridized carbons (Fsp3) is 0.375. The molecule has 0 aromatic heterocycles. The lowest BCUT2D eigenvalue weighted by Gasteiger charge is -2.14. The number of thiocarbonyl (C=S) groups is 1. The summed E-state index contributed by atoms with van der Waals surface area (Å²) < 4.78 is 10.7. The molecular weight excluding hydrogens is 426 g/mol. The van der Waals surface area contributed by atoms with Crippen LogP contribution >= 0.6 is 12.2 Å². The topological polar surface area (TPSA) is 88.7 Å². The highest BCUT2D eigenvalue weighted by Gasteiger charge is 2.14. The van der Waals surface area contributed by atoms with Crippen molar-refractivity contribution in [3.63, 3.8) is 0 Å². The lowest BCUT2D eigenvalue weighted by molar-refractivity contribution is 0.0946. The number of para-hydroxylation sites is 1. The molecule has 0 heterocycles. The molecule has 32 heavy (non-hydrogen) atoms. The van der Waals surface area contributed by atoms with Gasteiger partial charge in [0.25, 0.3) is 11.8 Å². The summed E-state index contributed by atoms with van der Waals surface area (Å²) in [6.45, 7) is 5.92. The van der Waals surface area contributed by atoms with Gasteiger partial charge in [0, 0.05) is 31.5 Å². The minimum atomic E-state index is -0.352. The van der Waals surface area contributed by atoms with E-state index >= 15 is 0 Å². The molecule has 0 radical (unpaired) electrons. The van der Waals surface area contributed by atoms with Crippen LogP contribution in [0.2, 0.25) is 0 Å². The van der Waals surface area contributed by atoms with Crippen LogP contribution in [0.1, 0.15) is 47.4 Å². The van der Waals surface area contributed by atoms with E-state index in [1.165, 1.54) is 0 Å². The zero-order valence-corrected chi connectivity index (χ0v) is 19.6. The maximum Gasteiger partial charge on any atom is 0.261 e. The molecule has 0 atom stereocenters. The first-order valence-corrected chi connectivity index (χ1v) is 11.0.